The summed E-state index contributed by atoms with van der Waals surface area (Å²) < 4.78 is 29.9. The van der Waals surface area contributed by atoms with Crippen molar-refractivity contribution < 1.29 is 17.9 Å². The SMILES string of the molecule is COc1ccc([C@@H](CNC(=O)CCS(=O)(=O)c2ccc(C)cc2)N(C)C)cc1. The first-order valence-corrected chi connectivity index (χ1v) is 10.7. The van der Waals surface area contributed by atoms with Crippen LogP contribution in [0.15, 0.2) is 53.4 Å². The fourth-order valence-corrected chi connectivity index (χ4v) is 4.05. The molecule has 0 heterocycles. The molecule has 1 N–H and O–H groups in total. The number of nitrogens with zero attached hydrogens (tertiary/aromatic N) is 1. The van der Waals surface area contributed by atoms with Crippen LogP contribution in [0.5, 0.6) is 5.75 Å². The second-order valence-electron chi connectivity index (χ2n) is 6.94. The van der Waals surface area contributed by atoms with Gasteiger partial charge in [0.05, 0.1) is 23.8 Å². The van der Waals surface area contributed by atoms with Crippen LogP contribution in [0.25, 0.3) is 0 Å². The molecule has 1 amide bonds. The first-order valence-electron chi connectivity index (χ1n) is 9.09. The van der Waals surface area contributed by atoms with Gasteiger partial charge in [-0.25, -0.2) is 8.42 Å². The highest BCUT2D eigenvalue weighted by atomic mass is 32.2. The number of nitrogens with one attached hydrogen (secondary N) is 1. The maximum atomic E-state index is 12.4. The van der Waals surface area contributed by atoms with E-state index < -0.39 is 9.84 Å². The van der Waals surface area contributed by atoms with Crippen molar-refractivity contribution in [2.75, 3.05) is 33.5 Å². The van der Waals surface area contributed by atoms with Gasteiger partial charge in [-0.2, -0.15) is 0 Å². The molecular weight excluding hydrogens is 376 g/mol. The Bertz CT molecular complexity index is 876. The van der Waals surface area contributed by atoms with Crippen molar-refractivity contribution in [3.05, 3.63) is 59.7 Å². The van der Waals surface area contributed by atoms with E-state index in [4.69, 9.17) is 4.74 Å². The lowest BCUT2D eigenvalue weighted by molar-refractivity contribution is -0.120. The molecule has 0 aliphatic heterocycles. The van der Waals surface area contributed by atoms with Gasteiger partial charge >= 0.3 is 0 Å². The van der Waals surface area contributed by atoms with E-state index in [1.807, 2.05) is 50.2 Å². The summed E-state index contributed by atoms with van der Waals surface area (Å²) in [5, 5.41) is 2.85. The van der Waals surface area contributed by atoms with Crippen molar-refractivity contribution in [2.45, 2.75) is 24.3 Å². The average molecular weight is 405 g/mol. The van der Waals surface area contributed by atoms with Gasteiger partial charge in [-0.3, -0.25) is 4.79 Å². The molecule has 0 aliphatic rings. The number of likely N-dealkylation sites (N-methyl/N-ethyl adjacent to an activating group) is 1. The van der Waals surface area contributed by atoms with Crippen LogP contribution in [0.1, 0.15) is 23.6 Å². The predicted molar refractivity (Wildman–Crippen MR) is 110 cm³/mol. The van der Waals surface area contributed by atoms with Gasteiger partial charge in [0.15, 0.2) is 9.84 Å². The zero-order valence-electron chi connectivity index (χ0n) is 16.8. The summed E-state index contributed by atoms with van der Waals surface area (Å²) in [6, 6.07) is 14.3. The number of rotatable bonds is 9. The van der Waals surface area contributed by atoms with Gasteiger partial charge < -0.3 is 15.0 Å². The quantitative estimate of drug-likeness (QED) is 0.695. The van der Waals surface area contributed by atoms with Gasteiger partial charge in [0, 0.05) is 13.0 Å². The highest BCUT2D eigenvalue weighted by Gasteiger charge is 2.18. The van der Waals surface area contributed by atoms with Crippen LogP contribution < -0.4 is 10.1 Å². The average Bonchev–Trinajstić information content (AvgIpc) is 2.67. The number of aryl methyl sites for hydroxylation is 1. The number of ether oxygens (including phenoxy) is 1. The Kier molecular flexibility index (Phi) is 7.60. The molecule has 0 fully saturated rings. The fourth-order valence-electron chi connectivity index (χ4n) is 2.81. The van der Waals surface area contributed by atoms with Crippen LogP contribution in [0.4, 0.5) is 0 Å². The molecule has 0 aromatic heterocycles. The molecule has 0 spiro atoms. The summed E-state index contributed by atoms with van der Waals surface area (Å²) in [4.78, 5) is 14.5. The van der Waals surface area contributed by atoms with Crippen molar-refractivity contribution in [2.24, 2.45) is 0 Å². The molecular formula is C21H28N2O4S. The van der Waals surface area contributed by atoms with Crippen LogP contribution in [-0.4, -0.2) is 52.7 Å². The second kappa shape index (κ2) is 9.71. The molecule has 1 atom stereocenters. The zero-order valence-corrected chi connectivity index (χ0v) is 17.6. The van der Waals surface area contributed by atoms with E-state index in [9.17, 15) is 13.2 Å². The molecule has 0 saturated carbocycles. The minimum absolute atomic E-state index is 0.0245. The maximum absolute atomic E-state index is 12.4. The Balaban J connectivity index is 1.92. The molecule has 0 radical (unpaired) electrons. The van der Waals surface area contributed by atoms with Gasteiger partial charge in [0.2, 0.25) is 5.91 Å². The van der Waals surface area contributed by atoms with Crippen molar-refractivity contribution in [1.82, 2.24) is 10.2 Å². The van der Waals surface area contributed by atoms with Gasteiger partial charge in [0.1, 0.15) is 5.75 Å². The molecule has 7 heteroatoms. The number of carbonyl (C=O) groups is 1. The number of methoxy groups -OCH3 is 1. The first kappa shape index (κ1) is 21.9. The second-order valence-corrected chi connectivity index (χ2v) is 9.05. The Morgan fingerprint density at radius 2 is 1.68 bits per heavy atom. The summed E-state index contributed by atoms with van der Waals surface area (Å²) >= 11 is 0. The highest BCUT2D eigenvalue weighted by molar-refractivity contribution is 7.91. The van der Waals surface area contributed by atoms with E-state index in [0.29, 0.717) is 6.54 Å². The fraction of sp³-hybridized carbons (Fsp3) is 0.381. The standard InChI is InChI=1S/C21H28N2O4S/c1-16-5-11-19(12-6-16)28(25,26)14-13-21(24)22-15-20(23(2)3)17-7-9-18(27-4)10-8-17/h5-12,20H,13-15H2,1-4H3,(H,22,24)/t20-/m1/s1. The van der Waals surface area contributed by atoms with E-state index >= 15 is 0 Å². The molecule has 2 aromatic rings. The van der Waals surface area contributed by atoms with E-state index in [1.165, 1.54) is 0 Å². The van der Waals surface area contributed by atoms with E-state index in [1.54, 1.807) is 31.4 Å². The third kappa shape index (κ3) is 6.07. The van der Waals surface area contributed by atoms with Crippen molar-refractivity contribution >= 4 is 15.7 Å². The molecule has 6 nitrogen and oxygen atoms in total. The Morgan fingerprint density at radius 3 is 2.21 bits per heavy atom. The van der Waals surface area contributed by atoms with Crippen LogP contribution in [0, 0.1) is 6.92 Å². The summed E-state index contributed by atoms with van der Waals surface area (Å²) in [6.07, 6.45) is -0.0705. The number of hydrogen-bond acceptors (Lipinski definition) is 5. The van der Waals surface area contributed by atoms with Crippen LogP contribution in [0.2, 0.25) is 0 Å². The minimum Gasteiger partial charge on any atom is -0.497 e. The largest absolute Gasteiger partial charge is 0.497 e. The summed E-state index contributed by atoms with van der Waals surface area (Å²) in [6.45, 7) is 2.29. The number of hydrogen-bond donors (Lipinski definition) is 1. The highest BCUT2D eigenvalue weighted by Crippen LogP contribution is 2.21. The minimum atomic E-state index is -3.47. The Morgan fingerprint density at radius 1 is 1.07 bits per heavy atom. The number of amides is 1. The van der Waals surface area contributed by atoms with Gasteiger partial charge in [0.25, 0.3) is 0 Å². The van der Waals surface area contributed by atoms with Crippen LogP contribution in [-0.2, 0) is 14.6 Å². The topological polar surface area (TPSA) is 75.7 Å². The van der Waals surface area contributed by atoms with E-state index in [2.05, 4.69) is 5.32 Å². The lowest BCUT2D eigenvalue weighted by Crippen LogP contribution is -2.35. The maximum Gasteiger partial charge on any atom is 0.221 e. The number of carbonyl (C=O) groups excluding carboxylic acids is 1. The predicted octanol–water partition coefficient (Wildman–Crippen LogP) is 2.59. The lowest BCUT2D eigenvalue weighted by Gasteiger charge is -2.25. The van der Waals surface area contributed by atoms with E-state index in [0.717, 1.165) is 16.9 Å². The van der Waals surface area contributed by atoms with Gasteiger partial charge in [-0.15, -0.1) is 0 Å². The molecule has 152 valence electrons. The number of sulfone groups is 1. The normalized spacial score (nSPS) is 12.6. The summed E-state index contributed by atoms with van der Waals surface area (Å²) in [5.41, 5.74) is 2.03. The van der Waals surface area contributed by atoms with Gasteiger partial charge in [-0.1, -0.05) is 29.8 Å². The van der Waals surface area contributed by atoms with Crippen molar-refractivity contribution in [3.63, 3.8) is 0 Å². The van der Waals surface area contributed by atoms with Crippen molar-refractivity contribution in [1.29, 1.82) is 0 Å². The lowest BCUT2D eigenvalue weighted by atomic mass is 10.1. The summed E-state index contributed by atoms with van der Waals surface area (Å²) in [5.74, 6) is 0.277. The molecule has 0 unspecified atom stereocenters. The zero-order chi connectivity index (χ0) is 20.7. The van der Waals surface area contributed by atoms with Gasteiger partial charge in [-0.05, 0) is 50.8 Å². The van der Waals surface area contributed by atoms with Crippen LogP contribution in [0.3, 0.4) is 0 Å². The molecule has 0 saturated heterocycles. The molecule has 2 rings (SSSR count). The third-order valence-electron chi connectivity index (χ3n) is 4.59. The smallest absolute Gasteiger partial charge is 0.221 e. The van der Waals surface area contributed by atoms with E-state index in [-0.39, 0.29) is 29.0 Å². The monoisotopic (exact) mass is 404 g/mol. The number of benzene rings is 2. The molecule has 0 aliphatic carbocycles. The Hall–Kier alpha value is -2.38. The van der Waals surface area contributed by atoms with Crippen molar-refractivity contribution in [3.8, 4) is 5.75 Å². The molecule has 0 bridgehead atoms. The third-order valence-corrected chi connectivity index (χ3v) is 6.33. The van der Waals surface area contributed by atoms with Crippen LogP contribution >= 0.6 is 0 Å². The summed E-state index contributed by atoms with van der Waals surface area (Å²) in [7, 11) is 2.01. The Labute approximate surface area is 167 Å². The molecule has 2 aromatic carbocycles. The molecule has 28 heavy (non-hydrogen) atoms. The first-order chi connectivity index (χ1) is 13.2.